The van der Waals surface area contributed by atoms with Crippen molar-refractivity contribution in [3.63, 3.8) is 0 Å². The van der Waals surface area contributed by atoms with Gasteiger partial charge >= 0.3 is 0 Å². The molecule has 0 saturated carbocycles. The fourth-order valence-corrected chi connectivity index (χ4v) is 3.52. The van der Waals surface area contributed by atoms with Crippen LogP contribution in [0, 0.1) is 0 Å². The Morgan fingerprint density at radius 1 is 1.08 bits per heavy atom. The molecular weight excluding hydrogens is 372 g/mol. The second-order valence-corrected chi connectivity index (χ2v) is 7.19. The highest BCUT2D eigenvalue weighted by molar-refractivity contribution is 7.98. The van der Waals surface area contributed by atoms with Gasteiger partial charge in [0, 0.05) is 0 Å². The number of fused-ring (bicyclic) bond motifs is 1. The number of para-hydroxylation sites is 1. The van der Waals surface area contributed by atoms with Crippen LogP contribution < -0.4 is 5.32 Å². The summed E-state index contributed by atoms with van der Waals surface area (Å²) in [6, 6.07) is 12.6. The smallest absolute Gasteiger partial charge is 0.262 e. The number of carbonyl (C=O) groups excluding carboxylic acids is 3. The van der Waals surface area contributed by atoms with Crippen LogP contribution in [0.4, 0.5) is 5.69 Å². The lowest BCUT2D eigenvalue weighted by Crippen LogP contribution is -2.47. The molecule has 0 saturated heterocycles. The number of nitrogens with zero attached hydrogens (tertiary/aromatic N) is 1. The average Bonchev–Trinajstić information content (AvgIpc) is 2.89. The number of hydrogen-bond acceptors (Lipinski definition) is 4. The summed E-state index contributed by atoms with van der Waals surface area (Å²) >= 11 is 7.65. The Bertz CT molecular complexity index is 836. The lowest BCUT2D eigenvalue weighted by atomic mass is 10.1. The minimum absolute atomic E-state index is 0.331. The maximum Gasteiger partial charge on any atom is 0.262 e. The van der Waals surface area contributed by atoms with Gasteiger partial charge < -0.3 is 5.32 Å². The van der Waals surface area contributed by atoms with Crippen LogP contribution >= 0.6 is 23.4 Å². The first-order valence-corrected chi connectivity index (χ1v) is 9.83. The van der Waals surface area contributed by atoms with Crippen molar-refractivity contribution in [1.29, 1.82) is 0 Å². The molecule has 1 heterocycles. The molecule has 134 valence electrons. The molecule has 3 rings (SSSR count). The fraction of sp³-hybridized carbons (Fsp3) is 0.211. The van der Waals surface area contributed by atoms with Crippen molar-refractivity contribution in [3.05, 3.63) is 64.7 Å². The van der Waals surface area contributed by atoms with E-state index in [1.54, 1.807) is 60.3 Å². The Morgan fingerprint density at radius 2 is 1.65 bits per heavy atom. The molecule has 1 aliphatic heterocycles. The van der Waals surface area contributed by atoms with E-state index >= 15 is 0 Å². The molecule has 0 radical (unpaired) electrons. The van der Waals surface area contributed by atoms with E-state index in [1.807, 2.05) is 6.26 Å². The van der Waals surface area contributed by atoms with Crippen LogP contribution in [-0.2, 0) is 4.79 Å². The summed E-state index contributed by atoms with van der Waals surface area (Å²) in [4.78, 5) is 39.4. The van der Waals surface area contributed by atoms with Crippen LogP contribution in [0.1, 0.15) is 27.1 Å². The monoisotopic (exact) mass is 388 g/mol. The summed E-state index contributed by atoms with van der Waals surface area (Å²) in [6.07, 6.45) is 2.27. The Labute approximate surface area is 160 Å². The second-order valence-electron chi connectivity index (χ2n) is 5.79. The first-order valence-electron chi connectivity index (χ1n) is 8.06. The molecule has 0 fully saturated rings. The number of imide groups is 1. The number of anilines is 1. The Kier molecular flexibility index (Phi) is 5.64. The number of hydrogen-bond donors (Lipinski definition) is 1. The van der Waals surface area contributed by atoms with Crippen LogP contribution in [0.15, 0.2) is 48.5 Å². The number of rotatable bonds is 6. The van der Waals surface area contributed by atoms with E-state index in [2.05, 4.69) is 5.32 Å². The van der Waals surface area contributed by atoms with Crippen LogP contribution in [0.5, 0.6) is 0 Å². The molecule has 7 heteroatoms. The highest BCUT2D eigenvalue weighted by Crippen LogP contribution is 2.27. The van der Waals surface area contributed by atoms with Crippen LogP contribution in [-0.4, -0.2) is 40.7 Å². The topological polar surface area (TPSA) is 66.5 Å². The molecule has 2 aromatic rings. The molecule has 26 heavy (non-hydrogen) atoms. The first kappa shape index (κ1) is 18.5. The maximum atomic E-state index is 12.9. The van der Waals surface area contributed by atoms with Gasteiger partial charge in [-0.25, -0.2) is 0 Å². The Balaban J connectivity index is 1.89. The van der Waals surface area contributed by atoms with Gasteiger partial charge in [0.25, 0.3) is 11.8 Å². The van der Waals surface area contributed by atoms with Crippen molar-refractivity contribution < 1.29 is 14.4 Å². The predicted molar refractivity (Wildman–Crippen MR) is 104 cm³/mol. The van der Waals surface area contributed by atoms with E-state index in [0.29, 0.717) is 34.0 Å². The van der Waals surface area contributed by atoms with E-state index < -0.39 is 23.8 Å². The highest BCUT2D eigenvalue weighted by Gasteiger charge is 2.42. The number of amides is 3. The van der Waals surface area contributed by atoms with E-state index in [9.17, 15) is 14.4 Å². The minimum atomic E-state index is -0.897. The van der Waals surface area contributed by atoms with E-state index in [0.717, 1.165) is 4.90 Å². The third-order valence-electron chi connectivity index (χ3n) is 4.17. The second kappa shape index (κ2) is 7.93. The third-order valence-corrected chi connectivity index (χ3v) is 5.14. The van der Waals surface area contributed by atoms with Crippen LogP contribution in [0.2, 0.25) is 5.02 Å². The lowest BCUT2D eigenvalue weighted by molar-refractivity contribution is -0.120. The molecule has 0 spiro atoms. The number of benzene rings is 2. The van der Waals surface area contributed by atoms with Crippen molar-refractivity contribution in [3.8, 4) is 0 Å². The summed E-state index contributed by atoms with van der Waals surface area (Å²) in [5.74, 6) is -0.674. The zero-order valence-corrected chi connectivity index (χ0v) is 15.6. The predicted octanol–water partition coefficient (Wildman–Crippen LogP) is 3.70. The SMILES string of the molecule is CSCC[C@@H](C(=O)Nc1ccccc1Cl)N1C(=O)c2ccccc2C1=O. The summed E-state index contributed by atoms with van der Waals surface area (Å²) in [5, 5.41) is 3.13. The number of nitrogens with one attached hydrogen (secondary N) is 1. The van der Waals surface area contributed by atoms with Gasteiger partial charge in [-0.15, -0.1) is 0 Å². The summed E-state index contributed by atoms with van der Waals surface area (Å²) in [6.45, 7) is 0. The van der Waals surface area contributed by atoms with Gasteiger partial charge in [0.05, 0.1) is 21.8 Å². The molecule has 0 bridgehead atoms. The number of halogens is 1. The number of thioether (sulfide) groups is 1. The summed E-state index contributed by atoms with van der Waals surface area (Å²) in [7, 11) is 0. The first-order chi connectivity index (χ1) is 12.5. The zero-order chi connectivity index (χ0) is 18.7. The lowest BCUT2D eigenvalue weighted by Gasteiger charge is -2.25. The van der Waals surface area contributed by atoms with Gasteiger partial charge in [-0.05, 0) is 42.7 Å². The fourth-order valence-electron chi connectivity index (χ4n) is 2.88. The van der Waals surface area contributed by atoms with Gasteiger partial charge in [0.15, 0.2) is 0 Å². The largest absolute Gasteiger partial charge is 0.323 e. The van der Waals surface area contributed by atoms with Gasteiger partial charge in [0.2, 0.25) is 5.91 Å². The third kappa shape index (κ3) is 3.48. The normalized spacial score (nSPS) is 14.3. The van der Waals surface area contributed by atoms with E-state index in [-0.39, 0.29) is 0 Å². The molecule has 1 aliphatic rings. The maximum absolute atomic E-state index is 12.9. The number of carbonyl (C=O) groups is 3. The summed E-state index contributed by atoms with van der Waals surface area (Å²) in [5.41, 5.74) is 1.11. The molecule has 0 unspecified atom stereocenters. The summed E-state index contributed by atoms with van der Waals surface area (Å²) < 4.78 is 0. The van der Waals surface area contributed by atoms with Crippen molar-refractivity contribution in [1.82, 2.24) is 4.90 Å². The molecule has 5 nitrogen and oxygen atoms in total. The highest BCUT2D eigenvalue weighted by atomic mass is 35.5. The van der Waals surface area contributed by atoms with Crippen molar-refractivity contribution >= 4 is 46.8 Å². The molecule has 1 N–H and O–H groups in total. The van der Waals surface area contributed by atoms with E-state index in [1.165, 1.54) is 0 Å². The Hall–Kier alpha value is -2.31. The molecule has 0 aromatic heterocycles. The van der Waals surface area contributed by atoms with Crippen molar-refractivity contribution in [2.45, 2.75) is 12.5 Å². The molecule has 2 aromatic carbocycles. The minimum Gasteiger partial charge on any atom is -0.323 e. The molecule has 0 aliphatic carbocycles. The van der Waals surface area contributed by atoms with Gasteiger partial charge in [-0.2, -0.15) is 11.8 Å². The van der Waals surface area contributed by atoms with Gasteiger partial charge in [0.1, 0.15) is 6.04 Å². The van der Waals surface area contributed by atoms with Crippen molar-refractivity contribution in [2.75, 3.05) is 17.3 Å². The van der Waals surface area contributed by atoms with Crippen LogP contribution in [0.3, 0.4) is 0 Å². The molecule has 1 atom stereocenters. The van der Waals surface area contributed by atoms with Crippen LogP contribution in [0.25, 0.3) is 0 Å². The van der Waals surface area contributed by atoms with E-state index in [4.69, 9.17) is 11.6 Å². The van der Waals surface area contributed by atoms with Gasteiger partial charge in [-0.3, -0.25) is 19.3 Å². The standard InChI is InChI=1S/C19H17ClN2O3S/c1-26-11-10-16(17(23)21-15-9-5-4-8-14(15)20)22-18(24)12-6-2-3-7-13(12)19(22)25/h2-9,16H,10-11H2,1H3,(H,21,23)/t16-/m0/s1. The molecule has 3 amide bonds. The van der Waals surface area contributed by atoms with Gasteiger partial charge in [-0.1, -0.05) is 35.9 Å². The average molecular weight is 389 g/mol. The molecular formula is C19H17ClN2O3S. The zero-order valence-electron chi connectivity index (χ0n) is 14.1. The quantitative estimate of drug-likeness (QED) is 0.766. The van der Waals surface area contributed by atoms with Crippen molar-refractivity contribution in [2.24, 2.45) is 0 Å². The Morgan fingerprint density at radius 3 is 2.23 bits per heavy atom.